The zero-order chi connectivity index (χ0) is 49.3. The van der Waals surface area contributed by atoms with Gasteiger partial charge in [-0.05, 0) is 57.8 Å². The summed E-state index contributed by atoms with van der Waals surface area (Å²) in [4.78, 5) is 24.5. The second kappa shape index (κ2) is 57.9. The van der Waals surface area contributed by atoms with Gasteiger partial charge in [0, 0.05) is 12.8 Å². The van der Waals surface area contributed by atoms with Crippen LogP contribution in [0.4, 0.5) is 0 Å². The van der Waals surface area contributed by atoms with Crippen molar-refractivity contribution in [2.24, 2.45) is 0 Å². The van der Waals surface area contributed by atoms with E-state index in [9.17, 15) is 19.8 Å². The lowest BCUT2D eigenvalue weighted by molar-refractivity contribution is -0.143. The summed E-state index contributed by atoms with van der Waals surface area (Å²) in [7, 11) is 0. The third-order valence-electron chi connectivity index (χ3n) is 14.3. The summed E-state index contributed by atoms with van der Waals surface area (Å²) in [6.07, 6.45) is 70.4. The summed E-state index contributed by atoms with van der Waals surface area (Å²) < 4.78 is 5.46. The maximum absolute atomic E-state index is 12.5. The molecule has 0 fully saturated rings. The minimum Gasteiger partial charge on any atom is -0.466 e. The Morgan fingerprint density at radius 2 is 0.721 bits per heavy atom. The summed E-state index contributed by atoms with van der Waals surface area (Å²) in [6.45, 7) is 4.94. The van der Waals surface area contributed by atoms with Gasteiger partial charge in [-0.3, -0.25) is 9.59 Å². The van der Waals surface area contributed by atoms with E-state index in [1.54, 1.807) is 0 Å². The van der Waals surface area contributed by atoms with Gasteiger partial charge in [0.15, 0.2) is 0 Å². The summed E-state index contributed by atoms with van der Waals surface area (Å²) >= 11 is 0. The highest BCUT2D eigenvalue weighted by Gasteiger charge is 2.20. The van der Waals surface area contributed by atoms with Gasteiger partial charge in [-0.15, -0.1) is 0 Å². The van der Waals surface area contributed by atoms with Crippen molar-refractivity contribution in [3.05, 3.63) is 24.3 Å². The maximum atomic E-state index is 12.5. The number of ether oxygens (including phenoxy) is 1. The first-order valence-electron chi connectivity index (χ1n) is 30.6. The van der Waals surface area contributed by atoms with E-state index in [2.05, 4.69) is 43.5 Å². The molecule has 0 aliphatic carbocycles. The van der Waals surface area contributed by atoms with Crippen molar-refractivity contribution < 1.29 is 24.5 Å². The summed E-state index contributed by atoms with van der Waals surface area (Å²) in [6, 6.07) is -0.549. The predicted octanol–water partition coefficient (Wildman–Crippen LogP) is 19.0. The van der Waals surface area contributed by atoms with Gasteiger partial charge in [-0.1, -0.05) is 289 Å². The lowest BCUT2D eigenvalue weighted by Crippen LogP contribution is -2.45. The lowest BCUT2D eigenvalue weighted by atomic mass is 10.0. The van der Waals surface area contributed by atoms with Crippen LogP contribution < -0.4 is 5.32 Å². The standard InChI is InChI=1S/C62H119NO5/c1-3-5-7-9-11-13-15-17-19-20-24-27-30-34-38-42-46-50-54-60(65)59(58-64)63-61(66)55-51-47-43-39-35-31-28-25-22-21-23-26-29-33-37-41-45-49-53-57-68-62(67)56-52-48-44-40-36-32-18-16-14-12-10-8-6-4-2/h26,29,33,37,59-60,64-65H,3-25,27-28,30-32,34-36,38-58H2,1-2H3,(H,63,66)/b29-26-,37-33-. The molecule has 402 valence electrons. The first kappa shape index (κ1) is 66.3. The highest BCUT2D eigenvalue weighted by Crippen LogP contribution is 2.18. The van der Waals surface area contributed by atoms with Crippen molar-refractivity contribution in [3.8, 4) is 0 Å². The Morgan fingerprint density at radius 1 is 0.412 bits per heavy atom. The molecule has 2 unspecified atom stereocenters. The topological polar surface area (TPSA) is 95.9 Å². The molecular weight excluding hydrogens is 839 g/mol. The third kappa shape index (κ3) is 53.7. The third-order valence-corrected chi connectivity index (χ3v) is 14.3. The molecule has 0 rings (SSSR count). The van der Waals surface area contributed by atoms with Crippen LogP contribution in [0.2, 0.25) is 0 Å². The normalized spacial score (nSPS) is 12.7. The van der Waals surface area contributed by atoms with Gasteiger partial charge < -0.3 is 20.3 Å². The monoisotopic (exact) mass is 958 g/mol. The van der Waals surface area contributed by atoms with E-state index >= 15 is 0 Å². The molecule has 0 aromatic heterocycles. The molecule has 6 heteroatoms. The predicted molar refractivity (Wildman–Crippen MR) is 296 cm³/mol. The SMILES string of the molecule is CCCCCCCCCCCCCCCCCCCCC(O)C(CO)NC(=O)CCCCCCCCCCCC/C=C\C=C/CCCCCOC(=O)CCCCCCCCCCCCCCCC. The Morgan fingerprint density at radius 3 is 1.09 bits per heavy atom. The molecule has 0 aromatic carbocycles. The molecule has 6 nitrogen and oxygen atoms in total. The smallest absolute Gasteiger partial charge is 0.305 e. The second-order valence-corrected chi connectivity index (χ2v) is 21.1. The molecule has 0 saturated carbocycles. The number of unbranched alkanes of at least 4 members (excludes halogenated alkanes) is 43. The summed E-state index contributed by atoms with van der Waals surface area (Å²) in [5, 5.41) is 23.3. The molecule has 0 heterocycles. The van der Waals surface area contributed by atoms with Gasteiger partial charge in [0.2, 0.25) is 5.91 Å². The van der Waals surface area contributed by atoms with Gasteiger partial charge in [0.1, 0.15) is 0 Å². The first-order valence-corrected chi connectivity index (χ1v) is 30.6. The van der Waals surface area contributed by atoms with E-state index < -0.39 is 12.1 Å². The molecule has 3 N–H and O–H groups in total. The highest BCUT2D eigenvalue weighted by molar-refractivity contribution is 5.76. The number of carbonyl (C=O) groups is 2. The lowest BCUT2D eigenvalue weighted by Gasteiger charge is -2.22. The molecule has 0 aromatic rings. The highest BCUT2D eigenvalue weighted by atomic mass is 16.5. The van der Waals surface area contributed by atoms with Crippen molar-refractivity contribution in [1.82, 2.24) is 5.32 Å². The minimum absolute atomic E-state index is 0.0106. The quantitative estimate of drug-likeness (QED) is 0.0321. The second-order valence-electron chi connectivity index (χ2n) is 21.1. The van der Waals surface area contributed by atoms with Gasteiger partial charge in [0.25, 0.3) is 0 Å². The van der Waals surface area contributed by atoms with Crippen molar-refractivity contribution in [2.75, 3.05) is 13.2 Å². The van der Waals surface area contributed by atoms with E-state index in [0.717, 1.165) is 70.6 Å². The number of hydrogen-bond acceptors (Lipinski definition) is 5. The zero-order valence-corrected chi connectivity index (χ0v) is 45.9. The number of amides is 1. The van der Waals surface area contributed by atoms with Crippen LogP contribution in [0.25, 0.3) is 0 Å². The minimum atomic E-state index is -0.671. The van der Waals surface area contributed by atoms with E-state index in [4.69, 9.17) is 4.74 Å². The van der Waals surface area contributed by atoms with Gasteiger partial charge in [-0.2, -0.15) is 0 Å². The van der Waals surface area contributed by atoms with Crippen LogP contribution in [0, 0.1) is 0 Å². The number of aliphatic hydroxyl groups is 2. The van der Waals surface area contributed by atoms with E-state index in [1.165, 1.54) is 231 Å². The Bertz CT molecular complexity index is 1060. The number of esters is 1. The molecule has 0 aliphatic rings. The van der Waals surface area contributed by atoms with Gasteiger partial charge >= 0.3 is 5.97 Å². The average molecular weight is 959 g/mol. The van der Waals surface area contributed by atoms with Crippen LogP contribution in [0.15, 0.2) is 24.3 Å². The van der Waals surface area contributed by atoms with Crippen LogP contribution in [0.1, 0.15) is 335 Å². The Balaban J connectivity index is 3.47. The van der Waals surface area contributed by atoms with Gasteiger partial charge in [-0.25, -0.2) is 0 Å². The number of allylic oxidation sites excluding steroid dienone is 4. The Kier molecular flexibility index (Phi) is 56.5. The number of rotatable bonds is 57. The fourth-order valence-electron chi connectivity index (χ4n) is 9.57. The van der Waals surface area contributed by atoms with Crippen molar-refractivity contribution in [3.63, 3.8) is 0 Å². The van der Waals surface area contributed by atoms with Gasteiger partial charge in [0.05, 0.1) is 25.4 Å². The fourth-order valence-corrected chi connectivity index (χ4v) is 9.57. The number of aliphatic hydroxyl groups excluding tert-OH is 2. The Hall–Kier alpha value is -1.66. The van der Waals surface area contributed by atoms with Crippen LogP contribution in [-0.4, -0.2) is 47.4 Å². The molecule has 0 bridgehead atoms. The van der Waals surface area contributed by atoms with Crippen molar-refractivity contribution >= 4 is 11.9 Å². The summed E-state index contributed by atoms with van der Waals surface area (Å²) in [5.41, 5.74) is 0. The molecular formula is C62H119NO5. The van der Waals surface area contributed by atoms with Crippen molar-refractivity contribution in [1.29, 1.82) is 0 Å². The van der Waals surface area contributed by atoms with E-state index in [-0.39, 0.29) is 18.5 Å². The van der Waals surface area contributed by atoms with Crippen LogP contribution >= 0.6 is 0 Å². The fraction of sp³-hybridized carbons (Fsp3) is 0.903. The molecule has 0 spiro atoms. The largest absolute Gasteiger partial charge is 0.466 e. The number of hydrogen-bond donors (Lipinski definition) is 3. The Labute approximate surface area is 424 Å². The van der Waals surface area contributed by atoms with E-state index in [0.29, 0.717) is 25.9 Å². The molecule has 1 amide bonds. The maximum Gasteiger partial charge on any atom is 0.305 e. The van der Waals surface area contributed by atoms with Crippen LogP contribution in [0.3, 0.4) is 0 Å². The summed E-state index contributed by atoms with van der Waals surface area (Å²) in [5.74, 6) is -0.0527. The molecule has 0 radical (unpaired) electrons. The molecule has 0 saturated heterocycles. The number of nitrogens with one attached hydrogen (secondary N) is 1. The number of carbonyl (C=O) groups excluding carboxylic acids is 2. The zero-order valence-electron chi connectivity index (χ0n) is 45.9. The first-order chi connectivity index (χ1) is 33.5. The van der Waals surface area contributed by atoms with Crippen molar-refractivity contribution in [2.45, 2.75) is 347 Å². The van der Waals surface area contributed by atoms with Crippen LogP contribution in [-0.2, 0) is 14.3 Å². The molecule has 68 heavy (non-hydrogen) atoms. The molecule has 2 atom stereocenters. The molecule has 0 aliphatic heterocycles. The average Bonchev–Trinajstić information content (AvgIpc) is 3.34. The van der Waals surface area contributed by atoms with Crippen LogP contribution in [0.5, 0.6) is 0 Å². The van der Waals surface area contributed by atoms with E-state index in [1.807, 2.05) is 0 Å².